The lowest BCUT2D eigenvalue weighted by Crippen LogP contribution is -2.44. The molecule has 17 heavy (non-hydrogen) atoms. The molecule has 1 unspecified atom stereocenters. The zero-order valence-electron chi connectivity index (χ0n) is 11.2. The minimum Gasteiger partial charge on any atom is -0.377 e. The van der Waals surface area contributed by atoms with Crippen LogP contribution in [-0.4, -0.2) is 81.2 Å². The minimum absolute atomic E-state index is 0.380. The lowest BCUT2D eigenvalue weighted by molar-refractivity contribution is 0.0209. The van der Waals surface area contributed by atoms with Crippen LogP contribution in [0.4, 0.5) is 0 Å². The molecule has 1 aliphatic rings. The van der Waals surface area contributed by atoms with Crippen LogP contribution in [0.5, 0.6) is 0 Å². The highest BCUT2D eigenvalue weighted by molar-refractivity contribution is 4.68. The predicted octanol–water partition coefficient (Wildman–Crippen LogP) is -0.432. The van der Waals surface area contributed by atoms with Crippen molar-refractivity contribution in [2.75, 3.05) is 60.0 Å². The molecule has 0 aromatic heterocycles. The van der Waals surface area contributed by atoms with Gasteiger partial charge in [0.05, 0.1) is 6.61 Å². The summed E-state index contributed by atoms with van der Waals surface area (Å²) >= 11 is 0. The Morgan fingerprint density at radius 3 is 2.59 bits per heavy atom. The van der Waals surface area contributed by atoms with Crippen molar-refractivity contribution in [3.8, 4) is 0 Å². The molecule has 1 saturated heterocycles. The summed E-state index contributed by atoms with van der Waals surface area (Å²) in [5, 5.41) is 11.9. The van der Waals surface area contributed by atoms with Crippen molar-refractivity contribution in [2.45, 2.75) is 19.1 Å². The number of piperazine rings is 1. The van der Waals surface area contributed by atoms with Crippen LogP contribution < -0.4 is 5.32 Å². The lowest BCUT2D eigenvalue weighted by atomic mass is 10.2. The third-order valence-electron chi connectivity index (χ3n) is 3.22. The number of nitrogens with one attached hydrogen (secondary N) is 1. The monoisotopic (exact) mass is 245 g/mol. The van der Waals surface area contributed by atoms with E-state index in [-0.39, 0.29) is 0 Å². The van der Waals surface area contributed by atoms with Gasteiger partial charge < -0.3 is 19.6 Å². The quantitative estimate of drug-likeness (QED) is 0.449. The second-order valence-corrected chi connectivity index (χ2v) is 4.73. The Labute approximate surface area is 105 Å². The first-order chi connectivity index (χ1) is 8.22. The molecule has 0 saturated carbocycles. The molecule has 102 valence electrons. The maximum absolute atomic E-state index is 9.19. The SMILES string of the molecule is CNC(O)COCCCCN1CCN(C)CC1. The summed E-state index contributed by atoms with van der Waals surface area (Å²) in [6.45, 7) is 7.05. The van der Waals surface area contributed by atoms with E-state index in [1.165, 1.54) is 39.1 Å². The van der Waals surface area contributed by atoms with E-state index < -0.39 is 6.23 Å². The average molecular weight is 245 g/mol. The van der Waals surface area contributed by atoms with Crippen molar-refractivity contribution in [3.05, 3.63) is 0 Å². The van der Waals surface area contributed by atoms with Gasteiger partial charge in [-0.3, -0.25) is 5.32 Å². The van der Waals surface area contributed by atoms with Crippen LogP contribution >= 0.6 is 0 Å². The first kappa shape index (κ1) is 14.9. The summed E-state index contributed by atoms with van der Waals surface area (Å²) in [5.74, 6) is 0. The van der Waals surface area contributed by atoms with Crippen LogP contribution in [-0.2, 0) is 4.74 Å². The molecule has 0 aliphatic carbocycles. The summed E-state index contributed by atoms with van der Waals surface area (Å²) in [7, 11) is 3.90. The first-order valence-electron chi connectivity index (χ1n) is 6.56. The van der Waals surface area contributed by atoms with Crippen LogP contribution in [0.1, 0.15) is 12.8 Å². The second kappa shape index (κ2) is 8.83. The van der Waals surface area contributed by atoms with Crippen molar-refractivity contribution in [3.63, 3.8) is 0 Å². The van der Waals surface area contributed by atoms with E-state index in [0.717, 1.165) is 13.0 Å². The van der Waals surface area contributed by atoms with Gasteiger partial charge in [0.15, 0.2) is 0 Å². The van der Waals surface area contributed by atoms with E-state index in [1.807, 2.05) is 0 Å². The average Bonchev–Trinajstić information content (AvgIpc) is 2.35. The van der Waals surface area contributed by atoms with Crippen LogP contribution in [0.2, 0.25) is 0 Å². The predicted molar refractivity (Wildman–Crippen MR) is 69.1 cm³/mol. The molecule has 5 nitrogen and oxygen atoms in total. The van der Waals surface area contributed by atoms with Gasteiger partial charge in [-0.2, -0.15) is 0 Å². The van der Waals surface area contributed by atoms with Crippen LogP contribution in [0, 0.1) is 0 Å². The van der Waals surface area contributed by atoms with E-state index in [2.05, 4.69) is 22.2 Å². The highest BCUT2D eigenvalue weighted by atomic mass is 16.5. The Morgan fingerprint density at radius 1 is 1.24 bits per heavy atom. The van der Waals surface area contributed by atoms with Gasteiger partial charge in [-0.1, -0.05) is 0 Å². The summed E-state index contributed by atoms with van der Waals surface area (Å²) in [6.07, 6.45) is 1.72. The number of nitrogens with zero attached hydrogens (tertiary/aromatic N) is 2. The van der Waals surface area contributed by atoms with E-state index >= 15 is 0 Å². The highest BCUT2D eigenvalue weighted by Gasteiger charge is 2.12. The third kappa shape index (κ3) is 6.95. The molecule has 0 amide bonds. The van der Waals surface area contributed by atoms with Crippen molar-refractivity contribution in [1.29, 1.82) is 0 Å². The van der Waals surface area contributed by atoms with Crippen molar-refractivity contribution >= 4 is 0 Å². The smallest absolute Gasteiger partial charge is 0.128 e. The van der Waals surface area contributed by atoms with Crippen molar-refractivity contribution < 1.29 is 9.84 Å². The number of unbranched alkanes of at least 4 members (excludes halogenated alkanes) is 1. The molecular formula is C12H27N3O2. The van der Waals surface area contributed by atoms with Crippen LogP contribution in [0.15, 0.2) is 0 Å². The Morgan fingerprint density at radius 2 is 1.94 bits per heavy atom. The number of likely N-dealkylation sites (N-methyl/N-ethyl adjacent to an activating group) is 2. The Kier molecular flexibility index (Phi) is 7.72. The molecule has 1 fully saturated rings. The van der Waals surface area contributed by atoms with Crippen LogP contribution in [0.3, 0.4) is 0 Å². The molecule has 0 bridgehead atoms. The number of rotatable bonds is 8. The zero-order chi connectivity index (χ0) is 12.5. The topological polar surface area (TPSA) is 48.0 Å². The molecule has 1 heterocycles. The maximum Gasteiger partial charge on any atom is 0.128 e. The third-order valence-corrected chi connectivity index (χ3v) is 3.22. The number of ether oxygens (including phenoxy) is 1. The van der Waals surface area contributed by atoms with Gasteiger partial charge in [0, 0.05) is 32.8 Å². The van der Waals surface area contributed by atoms with Gasteiger partial charge in [-0.25, -0.2) is 0 Å². The fourth-order valence-electron chi connectivity index (χ4n) is 1.89. The maximum atomic E-state index is 9.19. The van der Waals surface area contributed by atoms with Gasteiger partial charge in [0.1, 0.15) is 6.23 Å². The second-order valence-electron chi connectivity index (χ2n) is 4.73. The van der Waals surface area contributed by atoms with E-state index in [0.29, 0.717) is 6.61 Å². The standard InChI is InChI=1S/C12H27N3O2/c1-13-12(16)11-17-10-4-3-5-15-8-6-14(2)7-9-15/h12-13,16H,3-11H2,1-2H3. The number of hydrogen-bond donors (Lipinski definition) is 2. The first-order valence-corrected chi connectivity index (χ1v) is 6.56. The summed E-state index contributed by atoms with van der Waals surface area (Å²) < 4.78 is 5.35. The Balaban J connectivity index is 1.87. The largest absolute Gasteiger partial charge is 0.377 e. The molecule has 2 N–H and O–H groups in total. The molecular weight excluding hydrogens is 218 g/mol. The summed E-state index contributed by atoms with van der Waals surface area (Å²) in [6, 6.07) is 0. The van der Waals surface area contributed by atoms with Gasteiger partial charge in [0.25, 0.3) is 0 Å². The van der Waals surface area contributed by atoms with Crippen LogP contribution in [0.25, 0.3) is 0 Å². The summed E-state index contributed by atoms with van der Waals surface area (Å²) in [5.41, 5.74) is 0. The minimum atomic E-state index is -0.535. The molecule has 1 atom stereocenters. The Bertz CT molecular complexity index is 185. The molecule has 0 aromatic rings. The Hall–Kier alpha value is -0.200. The number of aliphatic hydroxyl groups is 1. The molecule has 1 aliphatic heterocycles. The van der Waals surface area contributed by atoms with Crippen molar-refractivity contribution in [1.82, 2.24) is 15.1 Å². The fourth-order valence-corrected chi connectivity index (χ4v) is 1.89. The normalized spacial score (nSPS) is 20.6. The van der Waals surface area contributed by atoms with Gasteiger partial charge >= 0.3 is 0 Å². The van der Waals surface area contributed by atoms with Gasteiger partial charge in [-0.05, 0) is 33.5 Å². The lowest BCUT2D eigenvalue weighted by Gasteiger charge is -2.32. The molecule has 0 aromatic carbocycles. The number of aliphatic hydroxyl groups excluding tert-OH is 1. The van der Waals surface area contributed by atoms with Gasteiger partial charge in [-0.15, -0.1) is 0 Å². The molecule has 0 radical (unpaired) electrons. The number of hydrogen-bond acceptors (Lipinski definition) is 5. The summed E-state index contributed by atoms with van der Waals surface area (Å²) in [4.78, 5) is 4.89. The van der Waals surface area contributed by atoms with E-state index in [1.54, 1.807) is 7.05 Å². The highest BCUT2D eigenvalue weighted by Crippen LogP contribution is 2.01. The van der Waals surface area contributed by atoms with E-state index in [4.69, 9.17) is 4.74 Å². The molecule has 0 spiro atoms. The van der Waals surface area contributed by atoms with Gasteiger partial charge in [0.2, 0.25) is 0 Å². The molecule has 5 heteroatoms. The zero-order valence-corrected chi connectivity index (χ0v) is 11.2. The van der Waals surface area contributed by atoms with Crippen molar-refractivity contribution in [2.24, 2.45) is 0 Å². The molecule has 1 rings (SSSR count). The van der Waals surface area contributed by atoms with E-state index in [9.17, 15) is 5.11 Å². The fraction of sp³-hybridized carbons (Fsp3) is 1.00.